The smallest absolute Gasteiger partial charge is 0.246 e. The summed E-state index contributed by atoms with van der Waals surface area (Å²) in [7, 11) is 1.79. The zero-order chi connectivity index (χ0) is 11.3. The standard InChI is InChI=1S/C9H10N2O.C3H8/c1-11-8-5-3-2-4-7(8)10-6-9(11)12;1-3-2/h2-5,10H,6H2,1H3;3H2,1-2H3. The van der Waals surface area contributed by atoms with E-state index in [1.54, 1.807) is 11.9 Å². The fourth-order valence-corrected chi connectivity index (χ4v) is 1.34. The topological polar surface area (TPSA) is 32.3 Å². The van der Waals surface area contributed by atoms with E-state index in [1.807, 2.05) is 24.3 Å². The summed E-state index contributed by atoms with van der Waals surface area (Å²) in [5.74, 6) is 0.105. The molecule has 82 valence electrons. The maximum atomic E-state index is 11.2. The number of benzene rings is 1. The molecule has 0 saturated heterocycles. The molecular weight excluding hydrogens is 188 g/mol. The lowest BCUT2D eigenvalue weighted by molar-refractivity contribution is -0.116. The van der Waals surface area contributed by atoms with Crippen molar-refractivity contribution in [2.75, 3.05) is 23.8 Å². The highest BCUT2D eigenvalue weighted by Gasteiger charge is 2.18. The van der Waals surface area contributed by atoms with Crippen LogP contribution in [0.2, 0.25) is 0 Å². The molecule has 3 heteroatoms. The van der Waals surface area contributed by atoms with Crippen molar-refractivity contribution in [3.8, 4) is 0 Å². The van der Waals surface area contributed by atoms with Crippen molar-refractivity contribution in [2.45, 2.75) is 20.3 Å². The number of amides is 1. The average molecular weight is 206 g/mol. The number of likely N-dealkylation sites (N-methyl/N-ethyl adjacent to an activating group) is 1. The Morgan fingerprint density at radius 2 is 1.93 bits per heavy atom. The van der Waals surface area contributed by atoms with E-state index in [4.69, 9.17) is 0 Å². The second-order valence-corrected chi connectivity index (χ2v) is 3.53. The molecule has 3 nitrogen and oxygen atoms in total. The van der Waals surface area contributed by atoms with Crippen molar-refractivity contribution >= 4 is 17.3 Å². The van der Waals surface area contributed by atoms with Gasteiger partial charge in [0.05, 0.1) is 17.9 Å². The Bertz CT molecular complexity index is 336. The lowest BCUT2D eigenvalue weighted by Crippen LogP contribution is -2.36. The summed E-state index contributed by atoms with van der Waals surface area (Å²) in [4.78, 5) is 12.9. The van der Waals surface area contributed by atoms with Crippen LogP contribution in [0.1, 0.15) is 20.3 Å². The van der Waals surface area contributed by atoms with E-state index in [9.17, 15) is 4.79 Å². The van der Waals surface area contributed by atoms with Crippen molar-refractivity contribution in [1.82, 2.24) is 0 Å². The molecule has 0 atom stereocenters. The van der Waals surface area contributed by atoms with Crippen LogP contribution in [-0.4, -0.2) is 19.5 Å². The van der Waals surface area contributed by atoms with Gasteiger partial charge in [0.2, 0.25) is 5.91 Å². The Labute approximate surface area is 91.1 Å². The third-order valence-electron chi connectivity index (χ3n) is 2.07. The molecule has 15 heavy (non-hydrogen) atoms. The van der Waals surface area contributed by atoms with Crippen LogP contribution in [0.15, 0.2) is 24.3 Å². The molecule has 0 saturated carbocycles. The summed E-state index contributed by atoms with van der Waals surface area (Å²) in [6.07, 6.45) is 1.25. The van der Waals surface area contributed by atoms with Gasteiger partial charge in [-0.05, 0) is 12.1 Å². The second-order valence-electron chi connectivity index (χ2n) is 3.53. The van der Waals surface area contributed by atoms with Crippen LogP contribution in [-0.2, 0) is 4.79 Å². The molecule has 1 N–H and O–H groups in total. The number of nitrogens with one attached hydrogen (secondary N) is 1. The summed E-state index contributed by atoms with van der Waals surface area (Å²) < 4.78 is 0. The van der Waals surface area contributed by atoms with Crippen LogP contribution < -0.4 is 10.2 Å². The van der Waals surface area contributed by atoms with Crippen LogP contribution >= 0.6 is 0 Å². The lowest BCUT2D eigenvalue weighted by atomic mass is 10.2. The average Bonchev–Trinajstić information content (AvgIpc) is 2.25. The van der Waals surface area contributed by atoms with E-state index >= 15 is 0 Å². The van der Waals surface area contributed by atoms with Crippen molar-refractivity contribution in [3.05, 3.63) is 24.3 Å². The molecule has 1 aromatic rings. The Kier molecular flexibility index (Phi) is 4.16. The Morgan fingerprint density at radius 3 is 2.60 bits per heavy atom. The van der Waals surface area contributed by atoms with Crippen molar-refractivity contribution in [1.29, 1.82) is 0 Å². The number of rotatable bonds is 0. The van der Waals surface area contributed by atoms with Gasteiger partial charge in [0.25, 0.3) is 0 Å². The predicted octanol–water partition coefficient (Wildman–Crippen LogP) is 2.49. The number of hydrogen-bond acceptors (Lipinski definition) is 2. The van der Waals surface area contributed by atoms with E-state index < -0.39 is 0 Å². The van der Waals surface area contributed by atoms with Gasteiger partial charge in [0.15, 0.2) is 0 Å². The SMILES string of the molecule is CCC.CN1C(=O)CNc2ccccc21. The summed E-state index contributed by atoms with van der Waals surface area (Å²) in [5.41, 5.74) is 1.98. The van der Waals surface area contributed by atoms with Gasteiger partial charge >= 0.3 is 0 Å². The van der Waals surface area contributed by atoms with Crippen molar-refractivity contribution in [3.63, 3.8) is 0 Å². The van der Waals surface area contributed by atoms with Gasteiger partial charge in [-0.1, -0.05) is 32.4 Å². The summed E-state index contributed by atoms with van der Waals surface area (Å²) in [6, 6.07) is 7.78. The van der Waals surface area contributed by atoms with E-state index in [2.05, 4.69) is 19.2 Å². The first kappa shape index (κ1) is 11.6. The van der Waals surface area contributed by atoms with Crippen LogP contribution in [0.4, 0.5) is 11.4 Å². The number of para-hydroxylation sites is 2. The highest BCUT2D eigenvalue weighted by atomic mass is 16.2. The van der Waals surface area contributed by atoms with Crippen molar-refractivity contribution in [2.24, 2.45) is 0 Å². The minimum absolute atomic E-state index is 0.105. The number of hydrogen-bond donors (Lipinski definition) is 1. The molecule has 0 spiro atoms. The lowest BCUT2D eigenvalue weighted by Gasteiger charge is -2.26. The van der Waals surface area contributed by atoms with E-state index in [-0.39, 0.29) is 5.91 Å². The highest BCUT2D eigenvalue weighted by Crippen LogP contribution is 2.27. The number of carbonyl (C=O) groups is 1. The van der Waals surface area contributed by atoms with Gasteiger partial charge < -0.3 is 10.2 Å². The molecule has 0 aliphatic carbocycles. The molecule has 0 bridgehead atoms. The van der Waals surface area contributed by atoms with Crippen molar-refractivity contribution < 1.29 is 4.79 Å². The first-order valence-electron chi connectivity index (χ1n) is 5.30. The molecule has 0 aromatic heterocycles. The number of fused-ring (bicyclic) bond motifs is 1. The zero-order valence-electron chi connectivity index (χ0n) is 9.58. The first-order chi connectivity index (χ1) is 7.20. The Hall–Kier alpha value is -1.51. The minimum Gasteiger partial charge on any atom is -0.374 e. The Balaban J connectivity index is 0.000000337. The third-order valence-corrected chi connectivity index (χ3v) is 2.07. The van der Waals surface area contributed by atoms with Gasteiger partial charge in [-0.15, -0.1) is 0 Å². The maximum Gasteiger partial charge on any atom is 0.246 e. The number of carbonyl (C=O) groups excluding carboxylic acids is 1. The maximum absolute atomic E-state index is 11.2. The quantitative estimate of drug-likeness (QED) is 0.707. The number of anilines is 2. The molecule has 0 unspecified atom stereocenters. The summed E-state index contributed by atoms with van der Waals surface area (Å²) in [6.45, 7) is 4.65. The summed E-state index contributed by atoms with van der Waals surface area (Å²) in [5, 5.41) is 3.05. The normalized spacial score (nSPS) is 13.5. The zero-order valence-corrected chi connectivity index (χ0v) is 9.58. The number of nitrogens with zero attached hydrogens (tertiary/aromatic N) is 1. The van der Waals surface area contributed by atoms with E-state index in [0.29, 0.717) is 6.54 Å². The van der Waals surface area contributed by atoms with Gasteiger partial charge in [-0.25, -0.2) is 0 Å². The van der Waals surface area contributed by atoms with Crippen LogP contribution in [0, 0.1) is 0 Å². The monoisotopic (exact) mass is 206 g/mol. The molecule has 0 radical (unpaired) electrons. The van der Waals surface area contributed by atoms with E-state index in [1.165, 1.54) is 6.42 Å². The largest absolute Gasteiger partial charge is 0.374 e. The molecule has 1 aliphatic rings. The minimum atomic E-state index is 0.105. The third kappa shape index (κ3) is 2.72. The molecule has 1 aliphatic heterocycles. The molecule has 1 heterocycles. The summed E-state index contributed by atoms with van der Waals surface area (Å²) >= 11 is 0. The second kappa shape index (κ2) is 5.39. The van der Waals surface area contributed by atoms with Crippen LogP contribution in [0.3, 0.4) is 0 Å². The molecule has 1 aromatic carbocycles. The fraction of sp³-hybridized carbons (Fsp3) is 0.417. The molecule has 0 fully saturated rings. The Morgan fingerprint density at radius 1 is 1.33 bits per heavy atom. The molecule has 1 amide bonds. The highest BCUT2D eigenvalue weighted by molar-refractivity contribution is 6.02. The predicted molar refractivity (Wildman–Crippen MR) is 64.3 cm³/mol. The first-order valence-corrected chi connectivity index (χ1v) is 5.30. The van der Waals surface area contributed by atoms with Gasteiger partial charge in [-0.2, -0.15) is 0 Å². The molecule has 2 rings (SSSR count). The van der Waals surface area contributed by atoms with Gasteiger partial charge in [0, 0.05) is 7.05 Å². The van der Waals surface area contributed by atoms with Crippen LogP contribution in [0.5, 0.6) is 0 Å². The molecular formula is C12H18N2O. The van der Waals surface area contributed by atoms with E-state index in [0.717, 1.165) is 11.4 Å². The fourth-order valence-electron chi connectivity index (χ4n) is 1.34. The van der Waals surface area contributed by atoms with Gasteiger partial charge in [-0.3, -0.25) is 4.79 Å². The van der Waals surface area contributed by atoms with Crippen LogP contribution in [0.25, 0.3) is 0 Å². The van der Waals surface area contributed by atoms with Gasteiger partial charge in [0.1, 0.15) is 0 Å².